The van der Waals surface area contributed by atoms with Gasteiger partial charge in [0.05, 0.1) is 26.4 Å². The minimum Gasteiger partial charge on any atom is -0.497 e. The van der Waals surface area contributed by atoms with Crippen molar-refractivity contribution in [3.8, 4) is 5.75 Å². The van der Waals surface area contributed by atoms with Gasteiger partial charge in [-0.25, -0.2) is 0 Å². The standard InChI is InChI=1S/C14H21NO4/c1-11(12-4-6-13(18-3)7-5-12)15-14(16)10-19-9-8-17-2/h4-7,11H,8-10H2,1-3H3,(H,15,16)/t11-/m1/s1. The minimum absolute atomic E-state index is 0.0455. The van der Waals surface area contributed by atoms with Gasteiger partial charge in [0, 0.05) is 7.11 Å². The zero-order valence-electron chi connectivity index (χ0n) is 11.6. The monoisotopic (exact) mass is 267 g/mol. The Bertz CT molecular complexity index is 378. The third kappa shape index (κ3) is 5.72. The van der Waals surface area contributed by atoms with Gasteiger partial charge in [0.15, 0.2) is 0 Å². The quantitative estimate of drug-likeness (QED) is 0.726. The molecule has 1 N–H and O–H groups in total. The van der Waals surface area contributed by atoms with Gasteiger partial charge in [-0.05, 0) is 24.6 Å². The van der Waals surface area contributed by atoms with Crippen molar-refractivity contribution >= 4 is 5.91 Å². The average Bonchev–Trinajstić information content (AvgIpc) is 2.43. The Morgan fingerprint density at radius 3 is 2.47 bits per heavy atom. The van der Waals surface area contributed by atoms with Crippen LogP contribution in [0.25, 0.3) is 0 Å². The van der Waals surface area contributed by atoms with Crippen molar-refractivity contribution in [3.05, 3.63) is 29.8 Å². The van der Waals surface area contributed by atoms with Gasteiger partial charge in [0.25, 0.3) is 0 Å². The first-order valence-electron chi connectivity index (χ1n) is 6.17. The van der Waals surface area contributed by atoms with Gasteiger partial charge in [-0.3, -0.25) is 4.79 Å². The number of carbonyl (C=O) groups excluding carboxylic acids is 1. The minimum atomic E-state index is -0.139. The van der Waals surface area contributed by atoms with Gasteiger partial charge in [-0.15, -0.1) is 0 Å². The van der Waals surface area contributed by atoms with Crippen molar-refractivity contribution in [3.63, 3.8) is 0 Å². The molecule has 0 bridgehead atoms. The van der Waals surface area contributed by atoms with Crippen LogP contribution in [0.1, 0.15) is 18.5 Å². The molecular formula is C14H21NO4. The molecule has 1 aromatic rings. The van der Waals surface area contributed by atoms with Gasteiger partial charge in [0.2, 0.25) is 5.91 Å². The lowest BCUT2D eigenvalue weighted by molar-refractivity contribution is -0.126. The fourth-order valence-corrected chi connectivity index (χ4v) is 1.57. The summed E-state index contributed by atoms with van der Waals surface area (Å²) in [5.74, 6) is 0.657. The third-order valence-electron chi connectivity index (χ3n) is 2.66. The largest absolute Gasteiger partial charge is 0.497 e. The Hall–Kier alpha value is -1.59. The third-order valence-corrected chi connectivity index (χ3v) is 2.66. The molecule has 1 aromatic carbocycles. The summed E-state index contributed by atoms with van der Waals surface area (Å²) in [6, 6.07) is 7.52. The predicted octanol–water partition coefficient (Wildman–Crippen LogP) is 1.54. The van der Waals surface area contributed by atoms with Crippen LogP contribution >= 0.6 is 0 Å². The van der Waals surface area contributed by atoms with Crippen molar-refractivity contribution in [1.82, 2.24) is 5.32 Å². The topological polar surface area (TPSA) is 56.8 Å². The van der Waals surface area contributed by atoms with E-state index in [9.17, 15) is 4.79 Å². The van der Waals surface area contributed by atoms with Gasteiger partial charge >= 0.3 is 0 Å². The molecule has 0 radical (unpaired) electrons. The lowest BCUT2D eigenvalue weighted by Crippen LogP contribution is -2.30. The van der Waals surface area contributed by atoms with Crippen LogP contribution in [0.15, 0.2) is 24.3 Å². The molecule has 0 saturated carbocycles. The maximum absolute atomic E-state index is 11.6. The highest BCUT2D eigenvalue weighted by Crippen LogP contribution is 2.16. The second kappa shape index (κ2) is 8.50. The number of hydrogen-bond donors (Lipinski definition) is 1. The molecule has 106 valence electrons. The summed E-state index contributed by atoms with van der Waals surface area (Å²) in [6.07, 6.45) is 0. The van der Waals surface area contributed by atoms with Crippen molar-refractivity contribution < 1.29 is 19.0 Å². The molecule has 0 saturated heterocycles. The maximum Gasteiger partial charge on any atom is 0.246 e. The van der Waals surface area contributed by atoms with E-state index in [0.717, 1.165) is 11.3 Å². The zero-order valence-corrected chi connectivity index (χ0v) is 11.6. The van der Waals surface area contributed by atoms with E-state index in [2.05, 4.69) is 5.32 Å². The Morgan fingerprint density at radius 1 is 1.21 bits per heavy atom. The SMILES string of the molecule is COCCOCC(=O)N[C@H](C)c1ccc(OC)cc1. The smallest absolute Gasteiger partial charge is 0.246 e. The molecule has 0 spiro atoms. The van der Waals surface area contributed by atoms with Gasteiger partial charge in [-0.1, -0.05) is 12.1 Å². The zero-order chi connectivity index (χ0) is 14.1. The van der Waals surface area contributed by atoms with Crippen LogP contribution in [0, 0.1) is 0 Å². The predicted molar refractivity (Wildman–Crippen MR) is 72.2 cm³/mol. The highest BCUT2D eigenvalue weighted by atomic mass is 16.5. The Morgan fingerprint density at radius 2 is 1.89 bits per heavy atom. The molecular weight excluding hydrogens is 246 g/mol. The molecule has 0 unspecified atom stereocenters. The molecule has 5 nitrogen and oxygen atoms in total. The average molecular weight is 267 g/mol. The molecule has 1 atom stereocenters. The van der Waals surface area contributed by atoms with Crippen molar-refractivity contribution in [2.24, 2.45) is 0 Å². The van der Waals surface area contributed by atoms with Crippen molar-refractivity contribution in [2.45, 2.75) is 13.0 Å². The van der Waals surface area contributed by atoms with Crippen LogP contribution in [-0.4, -0.2) is 39.9 Å². The van der Waals surface area contributed by atoms with Crippen molar-refractivity contribution in [2.75, 3.05) is 34.0 Å². The molecule has 1 amide bonds. The molecule has 0 heterocycles. The summed E-state index contributed by atoms with van der Waals surface area (Å²) >= 11 is 0. The van der Waals surface area contributed by atoms with Crippen LogP contribution < -0.4 is 10.1 Å². The second-order valence-corrected chi connectivity index (χ2v) is 4.11. The first kappa shape index (κ1) is 15.5. The van der Waals surface area contributed by atoms with Crippen LogP contribution in [0.2, 0.25) is 0 Å². The molecule has 0 aromatic heterocycles. The number of benzene rings is 1. The lowest BCUT2D eigenvalue weighted by atomic mass is 10.1. The van der Waals surface area contributed by atoms with E-state index in [4.69, 9.17) is 14.2 Å². The second-order valence-electron chi connectivity index (χ2n) is 4.11. The Balaban J connectivity index is 2.36. The number of rotatable bonds is 8. The van der Waals surface area contributed by atoms with E-state index >= 15 is 0 Å². The van der Waals surface area contributed by atoms with E-state index in [0.29, 0.717) is 13.2 Å². The number of nitrogens with one attached hydrogen (secondary N) is 1. The normalized spacial score (nSPS) is 11.9. The number of amides is 1. The first-order valence-corrected chi connectivity index (χ1v) is 6.17. The van der Waals surface area contributed by atoms with Crippen LogP contribution in [0.5, 0.6) is 5.75 Å². The first-order chi connectivity index (χ1) is 9.17. The fraction of sp³-hybridized carbons (Fsp3) is 0.500. The number of carbonyl (C=O) groups is 1. The van der Waals surface area contributed by atoms with E-state index in [1.165, 1.54) is 0 Å². The highest BCUT2D eigenvalue weighted by molar-refractivity contribution is 5.77. The van der Waals surface area contributed by atoms with Crippen LogP contribution in [0.4, 0.5) is 0 Å². The summed E-state index contributed by atoms with van der Waals surface area (Å²) in [5.41, 5.74) is 1.02. The van der Waals surface area contributed by atoms with E-state index in [-0.39, 0.29) is 18.6 Å². The molecule has 19 heavy (non-hydrogen) atoms. The Labute approximate surface area is 113 Å². The molecule has 0 aliphatic rings. The summed E-state index contributed by atoms with van der Waals surface area (Å²) < 4.78 is 15.1. The van der Waals surface area contributed by atoms with E-state index in [1.807, 2.05) is 31.2 Å². The summed E-state index contributed by atoms with van der Waals surface area (Å²) in [5, 5.41) is 2.86. The number of methoxy groups -OCH3 is 2. The van der Waals surface area contributed by atoms with Crippen molar-refractivity contribution in [1.29, 1.82) is 0 Å². The molecule has 0 aliphatic heterocycles. The van der Waals surface area contributed by atoms with E-state index in [1.54, 1.807) is 14.2 Å². The lowest BCUT2D eigenvalue weighted by Gasteiger charge is -2.14. The number of hydrogen-bond acceptors (Lipinski definition) is 4. The summed E-state index contributed by atoms with van der Waals surface area (Å²) in [4.78, 5) is 11.6. The summed E-state index contributed by atoms with van der Waals surface area (Å²) in [6.45, 7) is 2.88. The van der Waals surface area contributed by atoms with Crippen LogP contribution in [0.3, 0.4) is 0 Å². The van der Waals surface area contributed by atoms with E-state index < -0.39 is 0 Å². The maximum atomic E-state index is 11.6. The molecule has 0 fully saturated rings. The molecule has 5 heteroatoms. The molecule has 0 aliphatic carbocycles. The fourth-order valence-electron chi connectivity index (χ4n) is 1.57. The van der Waals surface area contributed by atoms with Gasteiger partial charge in [0.1, 0.15) is 12.4 Å². The Kier molecular flexibility index (Phi) is 6.92. The summed E-state index contributed by atoms with van der Waals surface area (Å²) in [7, 11) is 3.22. The van der Waals surface area contributed by atoms with Crippen LogP contribution in [-0.2, 0) is 14.3 Å². The number of ether oxygens (including phenoxy) is 3. The highest BCUT2D eigenvalue weighted by Gasteiger charge is 2.09. The molecule has 1 rings (SSSR count). The van der Waals surface area contributed by atoms with Gasteiger partial charge in [-0.2, -0.15) is 0 Å². The van der Waals surface area contributed by atoms with Gasteiger partial charge < -0.3 is 19.5 Å².